The molecule has 0 aliphatic carbocycles. The summed E-state index contributed by atoms with van der Waals surface area (Å²) in [6.45, 7) is 2.11. The summed E-state index contributed by atoms with van der Waals surface area (Å²) in [6, 6.07) is 7.32. The van der Waals surface area contributed by atoms with E-state index >= 15 is 0 Å². The largest absolute Gasteiger partial charge is 0.302 e. The summed E-state index contributed by atoms with van der Waals surface area (Å²) < 4.78 is 19.9. The summed E-state index contributed by atoms with van der Waals surface area (Å²) in [6.07, 6.45) is 3.06. The van der Waals surface area contributed by atoms with E-state index in [2.05, 4.69) is 6.92 Å². The van der Waals surface area contributed by atoms with Crippen LogP contribution in [0.15, 0.2) is 29.2 Å². The van der Waals surface area contributed by atoms with Gasteiger partial charge in [-0.25, -0.2) is 4.21 Å². The second-order valence-electron chi connectivity index (χ2n) is 2.96. The number of aryl methyl sites for hydroxylation is 1. The first kappa shape index (κ1) is 10.4. The van der Waals surface area contributed by atoms with Crippen LogP contribution in [0.1, 0.15) is 25.3 Å². The van der Waals surface area contributed by atoms with E-state index in [0.717, 1.165) is 24.8 Å². The van der Waals surface area contributed by atoms with Crippen molar-refractivity contribution in [2.24, 2.45) is 0 Å². The lowest BCUT2D eigenvalue weighted by atomic mass is 10.1. The minimum atomic E-state index is -1.84. The zero-order valence-electron chi connectivity index (χ0n) is 7.69. The number of rotatable bonds is 4. The molecule has 0 bridgehead atoms. The zero-order valence-corrected chi connectivity index (χ0v) is 8.51. The van der Waals surface area contributed by atoms with Gasteiger partial charge in [0.05, 0.1) is 4.90 Å². The van der Waals surface area contributed by atoms with Crippen LogP contribution in [0.3, 0.4) is 0 Å². The normalized spacial score (nSPS) is 12.8. The van der Waals surface area contributed by atoms with Crippen molar-refractivity contribution in [1.29, 1.82) is 0 Å². The molecule has 0 aromatic heterocycles. The Balaban J connectivity index is 2.84. The number of unbranched alkanes of at least 4 members (excludes halogenated alkanes) is 1. The van der Waals surface area contributed by atoms with Gasteiger partial charge in [0.25, 0.3) is 0 Å². The first-order valence-electron chi connectivity index (χ1n) is 4.44. The fraction of sp³-hybridized carbons (Fsp3) is 0.400. The SMILES string of the molecule is CCCCc1ccccc1S(=O)O. The number of hydrogen-bond acceptors (Lipinski definition) is 1. The van der Waals surface area contributed by atoms with Crippen LogP contribution < -0.4 is 0 Å². The molecule has 0 aliphatic heterocycles. The van der Waals surface area contributed by atoms with Crippen molar-refractivity contribution in [3.63, 3.8) is 0 Å². The molecule has 0 radical (unpaired) electrons. The van der Waals surface area contributed by atoms with Crippen LogP contribution in [0, 0.1) is 0 Å². The molecule has 1 N–H and O–H groups in total. The van der Waals surface area contributed by atoms with Gasteiger partial charge in [-0.1, -0.05) is 31.5 Å². The molecule has 1 rings (SSSR count). The summed E-state index contributed by atoms with van der Waals surface area (Å²) >= 11 is -1.84. The predicted octanol–water partition coefficient (Wildman–Crippen LogP) is 2.61. The maximum Gasteiger partial charge on any atom is 0.186 e. The molecule has 0 spiro atoms. The molecule has 0 saturated heterocycles. The molecular weight excluding hydrogens is 184 g/mol. The Morgan fingerprint density at radius 3 is 2.69 bits per heavy atom. The minimum Gasteiger partial charge on any atom is -0.302 e. The van der Waals surface area contributed by atoms with Gasteiger partial charge in [-0.3, -0.25) is 0 Å². The summed E-state index contributed by atoms with van der Waals surface area (Å²) in [5, 5.41) is 0. The Kier molecular flexibility index (Phi) is 4.12. The molecule has 1 unspecified atom stereocenters. The summed E-state index contributed by atoms with van der Waals surface area (Å²) in [5.41, 5.74) is 0.991. The smallest absolute Gasteiger partial charge is 0.186 e. The minimum absolute atomic E-state index is 0.552. The third-order valence-electron chi connectivity index (χ3n) is 1.96. The fourth-order valence-corrected chi connectivity index (χ4v) is 1.84. The van der Waals surface area contributed by atoms with Crippen LogP contribution in [0.25, 0.3) is 0 Å². The molecule has 0 amide bonds. The molecule has 13 heavy (non-hydrogen) atoms. The van der Waals surface area contributed by atoms with Crippen LogP contribution in [0.2, 0.25) is 0 Å². The van der Waals surface area contributed by atoms with Crippen molar-refractivity contribution in [3.05, 3.63) is 29.8 Å². The number of hydrogen-bond donors (Lipinski definition) is 1. The van der Waals surface area contributed by atoms with Crippen molar-refractivity contribution in [2.75, 3.05) is 0 Å². The number of benzene rings is 1. The molecule has 0 saturated carbocycles. The second kappa shape index (κ2) is 5.14. The standard InChI is InChI=1S/C10H14O2S/c1-2-3-6-9-7-4-5-8-10(9)13(11)12/h4-5,7-8H,2-3,6H2,1H3,(H,11,12). The van der Waals surface area contributed by atoms with E-state index in [1.807, 2.05) is 12.1 Å². The molecule has 1 atom stereocenters. The quantitative estimate of drug-likeness (QED) is 0.755. The Morgan fingerprint density at radius 1 is 1.38 bits per heavy atom. The highest BCUT2D eigenvalue weighted by molar-refractivity contribution is 7.79. The maximum atomic E-state index is 10.9. The van der Waals surface area contributed by atoms with Gasteiger partial charge in [0.15, 0.2) is 11.1 Å². The lowest BCUT2D eigenvalue weighted by molar-refractivity contribution is 0.562. The highest BCUT2D eigenvalue weighted by atomic mass is 32.2. The first-order chi connectivity index (χ1) is 6.25. The Bertz CT molecular complexity index is 297. The third-order valence-corrected chi connectivity index (χ3v) is 2.73. The predicted molar refractivity (Wildman–Crippen MR) is 54.1 cm³/mol. The summed E-state index contributed by atoms with van der Waals surface area (Å²) in [5.74, 6) is 0. The van der Waals surface area contributed by atoms with E-state index in [0.29, 0.717) is 4.90 Å². The van der Waals surface area contributed by atoms with Crippen molar-refractivity contribution in [2.45, 2.75) is 31.1 Å². The van der Waals surface area contributed by atoms with Gasteiger partial charge in [0.1, 0.15) is 0 Å². The van der Waals surface area contributed by atoms with E-state index < -0.39 is 11.1 Å². The van der Waals surface area contributed by atoms with Crippen LogP contribution in [0.4, 0.5) is 0 Å². The molecule has 0 fully saturated rings. The average Bonchev–Trinajstić information content (AvgIpc) is 2.15. The van der Waals surface area contributed by atoms with Crippen molar-refractivity contribution < 1.29 is 8.76 Å². The second-order valence-corrected chi connectivity index (χ2v) is 3.90. The van der Waals surface area contributed by atoms with Crippen LogP contribution >= 0.6 is 0 Å². The Morgan fingerprint density at radius 2 is 2.08 bits per heavy atom. The van der Waals surface area contributed by atoms with Gasteiger partial charge >= 0.3 is 0 Å². The highest BCUT2D eigenvalue weighted by Gasteiger charge is 2.05. The lowest BCUT2D eigenvalue weighted by Crippen LogP contribution is -1.95. The van der Waals surface area contributed by atoms with Crippen molar-refractivity contribution in [3.8, 4) is 0 Å². The maximum absolute atomic E-state index is 10.9. The Labute approximate surface area is 81.3 Å². The van der Waals surface area contributed by atoms with Crippen LogP contribution in [-0.2, 0) is 17.5 Å². The molecule has 0 heterocycles. The summed E-state index contributed by atoms with van der Waals surface area (Å²) in [7, 11) is 0. The van der Waals surface area contributed by atoms with E-state index in [1.165, 1.54) is 0 Å². The molecule has 1 aromatic carbocycles. The van der Waals surface area contributed by atoms with Crippen LogP contribution in [0.5, 0.6) is 0 Å². The molecule has 1 aromatic rings. The van der Waals surface area contributed by atoms with Gasteiger partial charge in [0.2, 0.25) is 0 Å². The molecule has 3 heteroatoms. The topological polar surface area (TPSA) is 37.3 Å². The van der Waals surface area contributed by atoms with Gasteiger partial charge in [-0.2, -0.15) is 0 Å². The highest BCUT2D eigenvalue weighted by Crippen LogP contribution is 2.14. The molecule has 72 valence electrons. The zero-order chi connectivity index (χ0) is 9.68. The third kappa shape index (κ3) is 2.94. The average molecular weight is 198 g/mol. The lowest BCUT2D eigenvalue weighted by Gasteiger charge is -2.04. The van der Waals surface area contributed by atoms with Crippen molar-refractivity contribution >= 4 is 11.1 Å². The molecule has 0 aliphatic rings. The fourth-order valence-electron chi connectivity index (χ4n) is 1.25. The van der Waals surface area contributed by atoms with Gasteiger partial charge in [-0.15, -0.1) is 0 Å². The van der Waals surface area contributed by atoms with Gasteiger partial charge in [0, 0.05) is 0 Å². The van der Waals surface area contributed by atoms with Gasteiger partial charge < -0.3 is 4.55 Å². The van der Waals surface area contributed by atoms with E-state index in [9.17, 15) is 4.21 Å². The Hall–Kier alpha value is -0.670. The van der Waals surface area contributed by atoms with Crippen molar-refractivity contribution in [1.82, 2.24) is 0 Å². The molecular formula is C10H14O2S. The van der Waals surface area contributed by atoms with E-state index in [1.54, 1.807) is 12.1 Å². The first-order valence-corrected chi connectivity index (χ1v) is 5.55. The van der Waals surface area contributed by atoms with E-state index in [-0.39, 0.29) is 0 Å². The monoisotopic (exact) mass is 198 g/mol. The van der Waals surface area contributed by atoms with Crippen LogP contribution in [-0.4, -0.2) is 8.76 Å². The van der Waals surface area contributed by atoms with Gasteiger partial charge in [-0.05, 0) is 24.5 Å². The van der Waals surface area contributed by atoms with E-state index in [4.69, 9.17) is 4.55 Å². The molecule has 2 nitrogen and oxygen atoms in total. The summed E-state index contributed by atoms with van der Waals surface area (Å²) in [4.78, 5) is 0.552.